The van der Waals surface area contributed by atoms with E-state index in [1.54, 1.807) is 0 Å². The Morgan fingerprint density at radius 3 is 2.45 bits per heavy atom. The highest BCUT2D eigenvalue weighted by molar-refractivity contribution is 5.72. The molecule has 0 saturated carbocycles. The van der Waals surface area contributed by atoms with Crippen LogP contribution in [-0.2, 0) is 22.1 Å². The van der Waals surface area contributed by atoms with Crippen molar-refractivity contribution in [2.24, 2.45) is 0 Å². The monoisotopic (exact) mass is 299 g/mol. The number of pyridine rings is 1. The second kappa shape index (κ2) is 6.02. The van der Waals surface area contributed by atoms with E-state index in [0.29, 0.717) is 0 Å². The minimum atomic E-state index is -5.06. The molecule has 0 aliphatic heterocycles. The largest absolute Gasteiger partial charge is 0.466 e. The quantitative estimate of drug-likeness (QED) is 0.686. The molecule has 0 atom stereocenters. The molecule has 0 amide bonds. The van der Waals surface area contributed by atoms with Crippen LogP contribution in [0.25, 0.3) is 0 Å². The van der Waals surface area contributed by atoms with Gasteiger partial charge >= 0.3 is 12.1 Å². The topological polar surface area (TPSA) is 59.2 Å². The van der Waals surface area contributed by atoms with Crippen LogP contribution < -0.4 is 5.43 Å². The summed E-state index contributed by atoms with van der Waals surface area (Å²) in [7, 11) is 0. The molecule has 1 aromatic rings. The van der Waals surface area contributed by atoms with Crippen molar-refractivity contribution >= 4 is 5.97 Å². The fourth-order valence-corrected chi connectivity index (χ4v) is 1.53. The molecular weight excluding hydrogens is 289 g/mol. The molecule has 20 heavy (non-hydrogen) atoms. The lowest BCUT2D eigenvalue weighted by molar-refractivity contribution is -0.142. The first-order valence-electron chi connectivity index (χ1n) is 5.43. The van der Waals surface area contributed by atoms with Crippen molar-refractivity contribution in [2.75, 3.05) is 6.61 Å². The molecule has 0 aliphatic carbocycles. The minimum Gasteiger partial charge on any atom is -0.466 e. The molecule has 9 heteroatoms. The van der Waals surface area contributed by atoms with Gasteiger partial charge in [-0.25, -0.2) is 8.78 Å². The third kappa shape index (κ3) is 3.55. The summed E-state index contributed by atoms with van der Waals surface area (Å²) in [6.45, 7) is 1.45. The first-order chi connectivity index (χ1) is 9.18. The molecular formula is C11H10F5NO3. The molecule has 0 unspecified atom stereocenters. The molecule has 1 N–H and O–H groups in total. The number of halogens is 5. The zero-order valence-electron chi connectivity index (χ0n) is 10.2. The van der Waals surface area contributed by atoms with Gasteiger partial charge in [0, 0.05) is 11.9 Å². The zero-order chi connectivity index (χ0) is 15.5. The summed E-state index contributed by atoms with van der Waals surface area (Å²) in [6, 6.07) is 0. The van der Waals surface area contributed by atoms with Gasteiger partial charge < -0.3 is 9.72 Å². The number of carbonyl (C=O) groups excluding carboxylic acids is 1. The summed E-state index contributed by atoms with van der Waals surface area (Å²) in [4.78, 5) is 24.5. The average molecular weight is 299 g/mol. The van der Waals surface area contributed by atoms with E-state index in [0.717, 1.165) is 0 Å². The Balaban J connectivity index is 3.31. The summed E-state index contributed by atoms with van der Waals surface area (Å²) in [5.74, 6) is -0.926. The lowest BCUT2D eigenvalue weighted by Gasteiger charge is -2.12. The minimum absolute atomic E-state index is 0.0201. The van der Waals surface area contributed by atoms with Gasteiger partial charge in [-0.15, -0.1) is 0 Å². The van der Waals surface area contributed by atoms with Gasteiger partial charge in [0.15, 0.2) is 0 Å². The van der Waals surface area contributed by atoms with Crippen LogP contribution >= 0.6 is 0 Å². The van der Waals surface area contributed by atoms with Crippen LogP contribution in [0.15, 0.2) is 11.0 Å². The number of H-pyrrole nitrogens is 1. The normalized spacial score (nSPS) is 11.8. The average Bonchev–Trinajstić information content (AvgIpc) is 2.26. The number of alkyl halides is 5. The van der Waals surface area contributed by atoms with Crippen LogP contribution in [0.3, 0.4) is 0 Å². The summed E-state index contributed by atoms with van der Waals surface area (Å²) >= 11 is 0. The van der Waals surface area contributed by atoms with Gasteiger partial charge in [-0.05, 0) is 6.92 Å². The fourth-order valence-electron chi connectivity index (χ4n) is 1.53. The van der Waals surface area contributed by atoms with Gasteiger partial charge in [-0.3, -0.25) is 9.59 Å². The van der Waals surface area contributed by atoms with Crippen molar-refractivity contribution in [1.82, 2.24) is 4.98 Å². The van der Waals surface area contributed by atoms with E-state index in [2.05, 4.69) is 4.74 Å². The number of aromatic amines is 1. The Hall–Kier alpha value is -1.93. The van der Waals surface area contributed by atoms with E-state index in [-0.39, 0.29) is 12.8 Å². The Morgan fingerprint density at radius 1 is 1.40 bits per heavy atom. The Bertz CT molecular complexity index is 550. The smallest absolute Gasteiger partial charge is 0.421 e. The number of ether oxygens (including phenoxy) is 1. The zero-order valence-corrected chi connectivity index (χ0v) is 10.2. The second-order valence-electron chi connectivity index (χ2n) is 3.70. The number of hydrogen-bond acceptors (Lipinski definition) is 3. The summed E-state index contributed by atoms with van der Waals surface area (Å²) < 4.78 is 67.3. The SMILES string of the molecule is CCOC(=O)Cc1[nH]cc(C(F)(F)F)c(=O)c1C(F)F. The molecule has 4 nitrogen and oxygen atoms in total. The summed E-state index contributed by atoms with van der Waals surface area (Å²) in [6.07, 6.45) is -8.96. The maximum absolute atomic E-state index is 12.8. The number of hydrogen-bond donors (Lipinski definition) is 1. The van der Waals surface area contributed by atoms with Crippen molar-refractivity contribution in [1.29, 1.82) is 0 Å². The number of carbonyl (C=O) groups is 1. The maximum Gasteiger partial charge on any atom is 0.421 e. The molecule has 0 aromatic carbocycles. The van der Waals surface area contributed by atoms with E-state index in [4.69, 9.17) is 0 Å². The van der Waals surface area contributed by atoms with Crippen LogP contribution in [0.5, 0.6) is 0 Å². The van der Waals surface area contributed by atoms with Gasteiger partial charge in [0.2, 0.25) is 5.43 Å². The van der Waals surface area contributed by atoms with E-state index in [9.17, 15) is 31.5 Å². The molecule has 1 heterocycles. The molecule has 1 aromatic heterocycles. The highest BCUT2D eigenvalue weighted by atomic mass is 19.4. The third-order valence-corrected chi connectivity index (χ3v) is 2.36. The first kappa shape index (κ1) is 16.1. The molecule has 0 fully saturated rings. The van der Waals surface area contributed by atoms with Crippen LogP contribution in [0.2, 0.25) is 0 Å². The predicted molar refractivity (Wildman–Crippen MR) is 57.4 cm³/mol. The van der Waals surface area contributed by atoms with Gasteiger partial charge in [0.25, 0.3) is 6.43 Å². The van der Waals surface area contributed by atoms with E-state index in [1.165, 1.54) is 6.92 Å². The summed E-state index contributed by atoms with van der Waals surface area (Å²) in [5.41, 5.74) is -5.53. The molecule has 1 rings (SSSR count). The number of rotatable bonds is 4. The van der Waals surface area contributed by atoms with Gasteiger partial charge in [0.1, 0.15) is 5.56 Å². The third-order valence-electron chi connectivity index (χ3n) is 2.36. The molecule has 0 aliphatic rings. The first-order valence-corrected chi connectivity index (χ1v) is 5.43. The Morgan fingerprint density at radius 2 is 2.00 bits per heavy atom. The molecule has 0 spiro atoms. The molecule has 112 valence electrons. The Kier molecular flexibility index (Phi) is 4.85. The standard InChI is InChI=1S/C11H10F5NO3/c1-2-20-7(18)3-6-8(10(12)13)9(19)5(4-17-6)11(14,15)16/h4,10H,2-3H2,1H3,(H,17,19). The van der Waals surface area contributed by atoms with Crippen molar-refractivity contribution < 1.29 is 31.5 Å². The van der Waals surface area contributed by atoms with E-state index < -0.39 is 47.2 Å². The molecule has 0 bridgehead atoms. The van der Waals surface area contributed by atoms with Crippen LogP contribution in [-0.4, -0.2) is 17.6 Å². The lowest BCUT2D eigenvalue weighted by atomic mass is 10.1. The van der Waals surface area contributed by atoms with Gasteiger partial charge in [-0.2, -0.15) is 13.2 Å². The Labute approximate surface area is 109 Å². The van der Waals surface area contributed by atoms with E-state index in [1.807, 2.05) is 4.98 Å². The number of aromatic nitrogens is 1. The predicted octanol–water partition coefficient (Wildman–Crippen LogP) is 2.44. The number of nitrogens with one attached hydrogen (secondary N) is 1. The highest BCUT2D eigenvalue weighted by Crippen LogP contribution is 2.28. The maximum atomic E-state index is 12.8. The van der Waals surface area contributed by atoms with Crippen molar-refractivity contribution in [3.05, 3.63) is 33.2 Å². The van der Waals surface area contributed by atoms with Crippen LogP contribution in [0.1, 0.15) is 30.2 Å². The molecule has 0 saturated heterocycles. The van der Waals surface area contributed by atoms with Crippen LogP contribution in [0.4, 0.5) is 22.0 Å². The van der Waals surface area contributed by atoms with Crippen molar-refractivity contribution in [3.8, 4) is 0 Å². The molecule has 0 radical (unpaired) electrons. The lowest BCUT2D eigenvalue weighted by Crippen LogP contribution is -2.26. The second-order valence-corrected chi connectivity index (χ2v) is 3.70. The van der Waals surface area contributed by atoms with E-state index >= 15 is 0 Å². The fraction of sp³-hybridized carbons (Fsp3) is 0.455. The summed E-state index contributed by atoms with van der Waals surface area (Å²) in [5, 5.41) is 0. The number of esters is 1. The van der Waals surface area contributed by atoms with Crippen LogP contribution in [0, 0.1) is 0 Å². The van der Waals surface area contributed by atoms with Gasteiger partial charge in [0.05, 0.1) is 18.6 Å². The highest BCUT2D eigenvalue weighted by Gasteiger charge is 2.36. The van der Waals surface area contributed by atoms with Crippen molar-refractivity contribution in [2.45, 2.75) is 25.9 Å². The van der Waals surface area contributed by atoms with Gasteiger partial charge in [-0.1, -0.05) is 0 Å². The van der Waals surface area contributed by atoms with Crippen molar-refractivity contribution in [3.63, 3.8) is 0 Å².